The first-order valence-electron chi connectivity index (χ1n) is 6.09. The van der Waals surface area contributed by atoms with E-state index in [-0.39, 0.29) is 10.8 Å². The summed E-state index contributed by atoms with van der Waals surface area (Å²) in [5.74, 6) is 1.11. The molecule has 0 spiro atoms. The average Bonchev–Trinajstić information content (AvgIpc) is 3.17. The summed E-state index contributed by atoms with van der Waals surface area (Å²) in [5.41, 5.74) is 1.44. The molecule has 1 N–H and O–H groups in total. The number of hydrogen-bond donors (Lipinski definition) is 1. The van der Waals surface area contributed by atoms with E-state index in [1.807, 2.05) is 6.92 Å². The minimum absolute atomic E-state index is 0.115. The molecular formula is C13H12N2O4S2. The van der Waals surface area contributed by atoms with E-state index in [0.29, 0.717) is 17.1 Å². The number of aromatic nitrogens is 1. The predicted octanol–water partition coefficient (Wildman–Crippen LogP) is 2.78. The number of nitrogens with one attached hydrogen (secondary N) is 1. The Labute approximate surface area is 125 Å². The number of furan rings is 1. The Balaban J connectivity index is 1.78. The number of aryl methyl sites for hydroxylation is 1. The Morgan fingerprint density at radius 2 is 2.24 bits per heavy atom. The highest BCUT2D eigenvalue weighted by Crippen LogP contribution is 2.28. The standard InChI is InChI=1S/C13H12N2O4S2/c1-9-5-12(19-15-9)10-6-13(20-8-10)21(16,17)14-7-11-3-2-4-18-11/h2-6,8,14H,7H2,1H3. The molecule has 3 aromatic rings. The molecule has 0 atom stereocenters. The van der Waals surface area contributed by atoms with E-state index in [1.165, 1.54) is 6.26 Å². The van der Waals surface area contributed by atoms with Crippen LogP contribution in [0.25, 0.3) is 11.3 Å². The van der Waals surface area contributed by atoms with E-state index in [4.69, 9.17) is 8.94 Å². The molecule has 6 nitrogen and oxygen atoms in total. The number of rotatable bonds is 5. The van der Waals surface area contributed by atoms with E-state index in [1.54, 1.807) is 29.6 Å². The summed E-state index contributed by atoms with van der Waals surface area (Å²) >= 11 is 1.13. The topological polar surface area (TPSA) is 85.3 Å². The zero-order valence-corrected chi connectivity index (χ0v) is 12.7. The first-order valence-corrected chi connectivity index (χ1v) is 8.45. The van der Waals surface area contributed by atoms with Gasteiger partial charge < -0.3 is 8.94 Å². The van der Waals surface area contributed by atoms with Gasteiger partial charge in [-0.25, -0.2) is 13.1 Å². The maximum Gasteiger partial charge on any atom is 0.250 e. The number of hydrogen-bond acceptors (Lipinski definition) is 6. The van der Waals surface area contributed by atoms with Crippen LogP contribution in [0.15, 0.2) is 49.1 Å². The molecule has 0 saturated heterocycles. The maximum absolute atomic E-state index is 12.2. The molecule has 8 heteroatoms. The lowest BCUT2D eigenvalue weighted by molar-refractivity contribution is 0.427. The SMILES string of the molecule is Cc1cc(-c2csc(S(=O)(=O)NCc3ccco3)c2)on1. The van der Waals surface area contributed by atoms with Crippen molar-refractivity contribution in [3.63, 3.8) is 0 Å². The van der Waals surface area contributed by atoms with Gasteiger partial charge in [0.15, 0.2) is 5.76 Å². The largest absolute Gasteiger partial charge is 0.468 e. The van der Waals surface area contributed by atoms with Crippen LogP contribution in [-0.2, 0) is 16.6 Å². The summed E-state index contributed by atoms with van der Waals surface area (Å²) in [6.45, 7) is 1.92. The molecule has 0 fully saturated rings. The van der Waals surface area contributed by atoms with Crippen molar-refractivity contribution in [2.45, 2.75) is 17.7 Å². The van der Waals surface area contributed by atoms with Gasteiger partial charge in [-0.15, -0.1) is 11.3 Å². The minimum atomic E-state index is -3.57. The number of nitrogens with zero attached hydrogens (tertiary/aromatic N) is 1. The minimum Gasteiger partial charge on any atom is -0.468 e. The molecule has 21 heavy (non-hydrogen) atoms. The Morgan fingerprint density at radius 3 is 2.90 bits per heavy atom. The molecule has 0 radical (unpaired) electrons. The monoisotopic (exact) mass is 324 g/mol. The smallest absolute Gasteiger partial charge is 0.250 e. The maximum atomic E-state index is 12.2. The van der Waals surface area contributed by atoms with Crippen LogP contribution in [0.1, 0.15) is 11.5 Å². The highest BCUT2D eigenvalue weighted by Gasteiger charge is 2.18. The highest BCUT2D eigenvalue weighted by atomic mass is 32.2. The van der Waals surface area contributed by atoms with Crippen molar-refractivity contribution in [1.29, 1.82) is 0 Å². The van der Waals surface area contributed by atoms with Crippen molar-refractivity contribution in [2.24, 2.45) is 0 Å². The molecule has 0 bridgehead atoms. The lowest BCUT2D eigenvalue weighted by Crippen LogP contribution is -2.22. The van der Waals surface area contributed by atoms with Gasteiger partial charge in [0.05, 0.1) is 18.5 Å². The quantitative estimate of drug-likeness (QED) is 0.780. The fraction of sp³-hybridized carbons (Fsp3) is 0.154. The van der Waals surface area contributed by atoms with E-state index in [0.717, 1.165) is 17.0 Å². The van der Waals surface area contributed by atoms with Crippen LogP contribution >= 0.6 is 11.3 Å². The van der Waals surface area contributed by atoms with E-state index in [2.05, 4.69) is 9.88 Å². The second kappa shape index (κ2) is 5.47. The molecule has 0 saturated carbocycles. The van der Waals surface area contributed by atoms with Gasteiger partial charge in [-0.3, -0.25) is 0 Å². The van der Waals surface area contributed by atoms with Crippen molar-refractivity contribution in [3.05, 3.63) is 47.4 Å². The third-order valence-electron chi connectivity index (χ3n) is 2.77. The summed E-state index contributed by atoms with van der Waals surface area (Å²) in [6, 6.07) is 6.74. The van der Waals surface area contributed by atoms with E-state index in [9.17, 15) is 8.42 Å². The van der Waals surface area contributed by atoms with Gasteiger partial charge in [0, 0.05) is 17.0 Å². The molecule has 0 unspecified atom stereocenters. The van der Waals surface area contributed by atoms with Gasteiger partial charge in [-0.1, -0.05) is 5.16 Å². The van der Waals surface area contributed by atoms with Gasteiger partial charge in [0.2, 0.25) is 10.0 Å². The number of thiophene rings is 1. The van der Waals surface area contributed by atoms with Gasteiger partial charge in [0.1, 0.15) is 9.97 Å². The van der Waals surface area contributed by atoms with Gasteiger partial charge >= 0.3 is 0 Å². The Bertz CT molecular complexity index is 831. The summed E-state index contributed by atoms with van der Waals surface area (Å²) in [7, 11) is -3.57. The van der Waals surface area contributed by atoms with Crippen molar-refractivity contribution in [3.8, 4) is 11.3 Å². The zero-order chi connectivity index (χ0) is 14.9. The average molecular weight is 324 g/mol. The van der Waals surface area contributed by atoms with Crippen LogP contribution in [0.3, 0.4) is 0 Å². The van der Waals surface area contributed by atoms with E-state index < -0.39 is 10.0 Å². The van der Waals surface area contributed by atoms with Crippen LogP contribution in [-0.4, -0.2) is 13.6 Å². The van der Waals surface area contributed by atoms with Crippen LogP contribution in [0.5, 0.6) is 0 Å². The molecule has 3 heterocycles. The van der Waals surface area contributed by atoms with Gasteiger partial charge in [-0.2, -0.15) is 0 Å². The Kier molecular flexibility index (Phi) is 3.66. The fourth-order valence-corrected chi connectivity index (χ4v) is 3.94. The molecule has 0 aliphatic heterocycles. The van der Waals surface area contributed by atoms with Crippen molar-refractivity contribution in [2.75, 3.05) is 0 Å². The van der Waals surface area contributed by atoms with Crippen LogP contribution in [0.2, 0.25) is 0 Å². The highest BCUT2D eigenvalue weighted by molar-refractivity contribution is 7.91. The predicted molar refractivity (Wildman–Crippen MR) is 77.3 cm³/mol. The first-order chi connectivity index (χ1) is 10.0. The van der Waals surface area contributed by atoms with Gasteiger partial charge in [-0.05, 0) is 25.1 Å². The van der Waals surface area contributed by atoms with Crippen molar-refractivity contribution < 1.29 is 17.4 Å². The van der Waals surface area contributed by atoms with E-state index >= 15 is 0 Å². The Morgan fingerprint density at radius 1 is 1.38 bits per heavy atom. The second-order valence-electron chi connectivity index (χ2n) is 4.39. The normalized spacial score (nSPS) is 11.9. The lowest BCUT2D eigenvalue weighted by Gasteiger charge is -2.01. The molecule has 3 aromatic heterocycles. The van der Waals surface area contributed by atoms with Gasteiger partial charge in [0.25, 0.3) is 0 Å². The molecule has 3 rings (SSSR count). The molecule has 110 valence electrons. The molecule has 0 amide bonds. The lowest BCUT2D eigenvalue weighted by atomic mass is 10.2. The summed E-state index contributed by atoms with van der Waals surface area (Å²) in [5, 5.41) is 5.51. The fourth-order valence-electron chi connectivity index (χ4n) is 1.74. The molecule has 0 aromatic carbocycles. The zero-order valence-electron chi connectivity index (χ0n) is 11.1. The summed E-state index contributed by atoms with van der Waals surface area (Å²) in [6.07, 6.45) is 1.50. The van der Waals surface area contributed by atoms with Crippen molar-refractivity contribution >= 4 is 21.4 Å². The van der Waals surface area contributed by atoms with Crippen LogP contribution in [0, 0.1) is 6.92 Å². The van der Waals surface area contributed by atoms with Crippen molar-refractivity contribution in [1.82, 2.24) is 9.88 Å². The molecular weight excluding hydrogens is 312 g/mol. The first kappa shape index (κ1) is 14.1. The Hall–Kier alpha value is -1.90. The van der Waals surface area contributed by atoms with Crippen LogP contribution < -0.4 is 4.72 Å². The van der Waals surface area contributed by atoms with Crippen LogP contribution in [0.4, 0.5) is 0 Å². The summed E-state index contributed by atoms with van der Waals surface area (Å²) in [4.78, 5) is 0. The molecule has 0 aliphatic carbocycles. The molecule has 0 aliphatic rings. The second-order valence-corrected chi connectivity index (χ2v) is 7.30. The third kappa shape index (κ3) is 3.07. The third-order valence-corrected chi connectivity index (χ3v) is 5.61. The summed E-state index contributed by atoms with van der Waals surface area (Å²) < 4.78 is 37.3. The number of sulfonamides is 1.